The van der Waals surface area contributed by atoms with Gasteiger partial charge >= 0.3 is 0 Å². The van der Waals surface area contributed by atoms with E-state index in [2.05, 4.69) is 9.82 Å². The summed E-state index contributed by atoms with van der Waals surface area (Å²) < 4.78 is 28.6. The van der Waals surface area contributed by atoms with Gasteiger partial charge in [0.2, 0.25) is 10.0 Å². The number of aromatic nitrogens is 2. The van der Waals surface area contributed by atoms with Crippen LogP contribution in [0.5, 0.6) is 0 Å². The molecule has 0 saturated carbocycles. The third-order valence-corrected chi connectivity index (χ3v) is 4.70. The van der Waals surface area contributed by atoms with E-state index in [4.69, 9.17) is 0 Å². The van der Waals surface area contributed by atoms with Crippen molar-refractivity contribution in [2.24, 2.45) is 0 Å². The second kappa shape index (κ2) is 5.78. The SMILES string of the molecule is O=[N+]([O-])c1cccc(S(=O)(=O)NCc2cnn3ccccc23)c1. The zero-order chi connectivity index (χ0) is 16.4. The Balaban J connectivity index is 1.84. The molecule has 118 valence electrons. The van der Waals surface area contributed by atoms with Crippen LogP contribution in [0.3, 0.4) is 0 Å². The lowest BCUT2D eigenvalue weighted by atomic mass is 10.3. The Labute approximate surface area is 131 Å². The predicted octanol–water partition coefficient (Wildman–Crippen LogP) is 1.72. The highest BCUT2D eigenvalue weighted by Crippen LogP contribution is 2.18. The predicted molar refractivity (Wildman–Crippen MR) is 82.3 cm³/mol. The molecular formula is C14H12N4O4S. The van der Waals surface area contributed by atoms with Crippen molar-refractivity contribution in [3.05, 3.63) is 70.5 Å². The van der Waals surface area contributed by atoms with E-state index in [1.54, 1.807) is 16.9 Å². The monoisotopic (exact) mass is 332 g/mol. The number of pyridine rings is 1. The van der Waals surface area contributed by atoms with Gasteiger partial charge in [-0.05, 0) is 18.2 Å². The molecule has 23 heavy (non-hydrogen) atoms. The largest absolute Gasteiger partial charge is 0.270 e. The van der Waals surface area contributed by atoms with Gasteiger partial charge < -0.3 is 0 Å². The standard InChI is InChI=1S/C14H12N4O4S/c19-18(20)12-4-3-5-13(8-12)23(21,22)16-10-11-9-15-17-7-2-1-6-14(11)17/h1-9,16H,10H2. The number of nitrogens with zero attached hydrogens (tertiary/aromatic N) is 3. The Kier molecular flexibility index (Phi) is 3.80. The third kappa shape index (κ3) is 3.05. The summed E-state index contributed by atoms with van der Waals surface area (Å²) in [6, 6.07) is 10.4. The number of fused-ring (bicyclic) bond motifs is 1. The van der Waals surface area contributed by atoms with Gasteiger partial charge in [0.1, 0.15) is 0 Å². The van der Waals surface area contributed by atoms with Gasteiger partial charge in [-0.3, -0.25) is 10.1 Å². The fraction of sp³-hybridized carbons (Fsp3) is 0.0714. The van der Waals surface area contributed by atoms with Crippen molar-refractivity contribution in [1.29, 1.82) is 0 Å². The molecule has 9 heteroatoms. The molecule has 0 bridgehead atoms. The summed E-state index contributed by atoms with van der Waals surface area (Å²) >= 11 is 0. The molecule has 3 rings (SSSR count). The van der Waals surface area contributed by atoms with E-state index in [9.17, 15) is 18.5 Å². The van der Waals surface area contributed by atoms with E-state index in [-0.39, 0.29) is 17.1 Å². The van der Waals surface area contributed by atoms with Crippen LogP contribution in [0.25, 0.3) is 5.52 Å². The van der Waals surface area contributed by atoms with Crippen molar-refractivity contribution in [3.8, 4) is 0 Å². The number of benzene rings is 1. The summed E-state index contributed by atoms with van der Waals surface area (Å²) in [4.78, 5) is 9.97. The van der Waals surface area contributed by atoms with E-state index in [0.717, 1.165) is 11.6 Å². The molecule has 0 aliphatic heterocycles. The maximum Gasteiger partial charge on any atom is 0.270 e. The van der Waals surface area contributed by atoms with Crippen LogP contribution in [0, 0.1) is 10.1 Å². The summed E-state index contributed by atoms with van der Waals surface area (Å²) in [6.45, 7) is 0.0402. The Morgan fingerprint density at radius 3 is 2.83 bits per heavy atom. The highest BCUT2D eigenvalue weighted by molar-refractivity contribution is 7.89. The average Bonchev–Trinajstić information content (AvgIpc) is 2.96. The second-order valence-electron chi connectivity index (χ2n) is 4.78. The minimum atomic E-state index is -3.85. The fourth-order valence-electron chi connectivity index (χ4n) is 2.14. The topological polar surface area (TPSA) is 107 Å². The van der Waals surface area contributed by atoms with Crippen LogP contribution in [-0.4, -0.2) is 23.0 Å². The summed E-state index contributed by atoms with van der Waals surface area (Å²) in [7, 11) is -3.85. The van der Waals surface area contributed by atoms with E-state index in [0.29, 0.717) is 5.56 Å². The number of nitro groups is 1. The van der Waals surface area contributed by atoms with Crippen molar-refractivity contribution in [3.63, 3.8) is 0 Å². The number of nitro benzene ring substituents is 1. The van der Waals surface area contributed by atoms with Gasteiger partial charge in [-0.2, -0.15) is 5.10 Å². The Hall–Kier alpha value is -2.78. The van der Waals surface area contributed by atoms with Crippen LogP contribution in [0.2, 0.25) is 0 Å². The van der Waals surface area contributed by atoms with Crippen LogP contribution in [0.15, 0.2) is 59.8 Å². The van der Waals surface area contributed by atoms with Crippen LogP contribution >= 0.6 is 0 Å². The molecule has 0 unspecified atom stereocenters. The number of rotatable bonds is 5. The molecule has 2 aromatic heterocycles. The molecule has 1 aromatic carbocycles. The highest BCUT2D eigenvalue weighted by atomic mass is 32.2. The van der Waals surface area contributed by atoms with Crippen molar-refractivity contribution in [2.45, 2.75) is 11.4 Å². The third-order valence-electron chi connectivity index (χ3n) is 3.30. The zero-order valence-electron chi connectivity index (χ0n) is 11.8. The lowest BCUT2D eigenvalue weighted by Gasteiger charge is -2.06. The minimum absolute atomic E-state index is 0.0402. The van der Waals surface area contributed by atoms with Gasteiger partial charge in [0.25, 0.3) is 5.69 Å². The molecule has 2 heterocycles. The first kappa shape index (κ1) is 15.1. The molecule has 8 nitrogen and oxygen atoms in total. The normalized spacial score (nSPS) is 11.7. The van der Waals surface area contributed by atoms with E-state index in [1.165, 1.54) is 18.2 Å². The first-order chi connectivity index (χ1) is 11.0. The minimum Gasteiger partial charge on any atom is -0.258 e. The molecule has 0 aliphatic rings. The molecule has 0 atom stereocenters. The molecule has 0 spiro atoms. The molecule has 0 amide bonds. The van der Waals surface area contributed by atoms with Crippen LogP contribution in [-0.2, 0) is 16.6 Å². The fourth-order valence-corrected chi connectivity index (χ4v) is 3.19. The molecule has 0 fully saturated rings. The number of hydrogen-bond donors (Lipinski definition) is 1. The first-order valence-electron chi connectivity index (χ1n) is 6.63. The van der Waals surface area contributed by atoms with Crippen LogP contribution in [0.1, 0.15) is 5.56 Å². The van der Waals surface area contributed by atoms with Gasteiger partial charge in [-0.1, -0.05) is 12.1 Å². The molecule has 0 aliphatic carbocycles. The molecule has 3 aromatic rings. The molecule has 1 N–H and O–H groups in total. The highest BCUT2D eigenvalue weighted by Gasteiger charge is 2.18. The van der Waals surface area contributed by atoms with Crippen molar-refractivity contribution >= 4 is 21.2 Å². The maximum absolute atomic E-state index is 12.3. The van der Waals surface area contributed by atoms with Gasteiger partial charge in [-0.25, -0.2) is 17.7 Å². The number of hydrogen-bond acceptors (Lipinski definition) is 5. The van der Waals surface area contributed by atoms with Gasteiger partial charge in [0.15, 0.2) is 0 Å². The lowest BCUT2D eigenvalue weighted by molar-refractivity contribution is -0.385. The Bertz CT molecular complexity index is 981. The van der Waals surface area contributed by atoms with E-state index in [1.807, 2.05) is 18.2 Å². The van der Waals surface area contributed by atoms with Crippen LogP contribution < -0.4 is 4.72 Å². The zero-order valence-corrected chi connectivity index (χ0v) is 12.6. The summed E-state index contributed by atoms with van der Waals surface area (Å²) in [5, 5.41) is 14.9. The lowest BCUT2D eigenvalue weighted by Crippen LogP contribution is -2.23. The first-order valence-corrected chi connectivity index (χ1v) is 8.11. The van der Waals surface area contributed by atoms with Gasteiger partial charge in [-0.15, -0.1) is 0 Å². The number of non-ortho nitro benzene ring substituents is 1. The van der Waals surface area contributed by atoms with Gasteiger partial charge in [0, 0.05) is 30.4 Å². The summed E-state index contributed by atoms with van der Waals surface area (Å²) in [5.74, 6) is 0. The van der Waals surface area contributed by atoms with E-state index >= 15 is 0 Å². The molecular weight excluding hydrogens is 320 g/mol. The van der Waals surface area contributed by atoms with Crippen molar-refractivity contribution in [1.82, 2.24) is 14.3 Å². The molecule has 0 radical (unpaired) electrons. The smallest absolute Gasteiger partial charge is 0.258 e. The second-order valence-corrected chi connectivity index (χ2v) is 6.55. The van der Waals surface area contributed by atoms with Crippen LogP contribution in [0.4, 0.5) is 5.69 Å². The molecule has 0 saturated heterocycles. The average molecular weight is 332 g/mol. The Morgan fingerprint density at radius 2 is 2.04 bits per heavy atom. The van der Waals surface area contributed by atoms with Gasteiger partial charge in [0.05, 0.1) is 21.5 Å². The maximum atomic E-state index is 12.3. The summed E-state index contributed by atoms with van der Waals surface area (Å²) in [5.41, 5.74) is 1.22. The number of sulfonamides is 1. The number of nitrogens with one attached hydrogen (secondary N) is 1. The van der Waals surface area contributed by atoms with Crippen molar-refractivity contribution in [2.75, 3.05) is 0 Å². The van der Waals surface area contributed by atoms with Crippen molar-refractivity contribution < 1.29 is 13.3 Å². The summed E-state index contributed by atoms with van der Waals surface area (Å²) in [6.07, 6.45) is 3.33. The quantitative estimate of drug-likeness (QED) is 0.565. The Morgan fingerprint density at radius 1 is 1.22 bits per heavy atom. The van der Waals surface area contributed by atoms with E-state index < -0.39 is 14.9 Å².